The lowest BCUT2D eigenvalue weighted by molar-refractivity contribution is 0.590. The minimum absolute atomic E-state index is 0.00433. The number of aromatic amines is 1. The molecule has 5 nitrogen and oxygen atoms in total. The van der Waals surface area contributed by atoms with Gasteiger partial charge in [0, 0.05) is 38.4 Å². The summed E-state index contributed by atoms with van der Waals surface area (Å²) in [6.07, 6.45) is 0. The highest BCUT2D eigenvalue weighted by Crippen LogP contribution is 2.41. The number of imidazole rings is 1. The van der Waals surface area contributed by atoms with Gasteiger partial charge >= 0.3 is 0 Å². The van der Waals surface area contributed by atoms with Crippen molar-refractivity contribution in [1.82, 2.24) is 24.1 Å². The molecule has 1 N–H and O–H groups in total. The van der Waals surface area contributed by atoms with Crippen molar-refractivity contribution in [3.05, 3.63) is 169 Å². The highest BCUT2D eigenvalue weighted by atomic mass is 15.1. The zero-order valence-corrected chi connectivity index (χ0v) is 33.3. The van der Waals surface area contributed by atoms with Crippen LogP contribution in [0, 0.1) is 0 Å². The fraction of sp³-hybridized carbons (Fsp3) is 0.154. The molecular formula is C52H45N5. The SMILES string of the molecule is CC(C)(C)c1cc(-c2ccc3c4cc(C(C)(C)C)ccc4n(-c4[nH]c(-c5ccccc5)c5ccccc45)c3n2)cc(-c2nc3ccccc3n2-c2ccccc2)c1. The molecule has 0 aliphatic heterocycles. The predicted octanol–water partition coefficient (Wildman–Crippen LogP) is 13.6. The van der Waals surface area contributed by atoms with Crippen LogP contribution in [0.4, 0.5) is 0 Å². The maximum absolute atomic E-state index is 5.64. The maximum Gasteiger partial charge on any atom is 0.147 e. The molecule has 0 aliphatic carbocycles. The Morgan fingerprint density at radius 1 is 0.456 bits per heavy atom. The van der Waals surface area contributed by atoms with Crippen LogP contribution in [0.1, 0.15) is 52.7 Å². The van der Waals surface area contributed by atoms with Gasteiger partial charge in [-0.05, 0) is 94.3 Å². The van der Waals surface area contributed by atoms with Gasteiger partial charge in [-0.15, -0.1) is 0 Å². The fourth-order valence-electron chi connectivity index (χ4n) is 8.31. The van der Waals surface area contributed by atoms with Gasteiger partial charge in [-0.2, -0.15) is 0 Å². The molecule has 0 atom stereocenters. The number of pyridine rings is 1. The lowest BCUT2D eigenvalue weighted by atomic mass is 9.84. The normalized spacial score (nSPS) is 12.4. The number of para-hydroxylation sites is 3. The molecule has 10 rings (SSSR count). The summed E-state index contributed by atoms with van der Waals surface area (Å²) in [6, 6.07) is 56.5. The van der Waals surface area contributed by atoms with Crippen LogP contribution < -0.4 is 0 Å². The highest BCUT2D eigenvalue weighted by Gasteiger charge is 2.24. The van der Waals surface area contributed by atoms with E-state index in [2.05, 4.69) is 213 Å². The summed E-state index contributed by atoms with van der Waals surface area (Å²) in [5.74, 6) is 1.92. The van der Waals surface area contributed by atoms with E-state index in [0.29, 0.717) is 0 Å². The largest absolute Gasteiger partial charge is 0.340 e. The number of fused-ring (bicyclic) bond motifs is 5. The number of hydrogen-bond acceptors (Lipinski definition) is 2. The van der Waals surface area contributed by atoms with Gasteiger partial charge in [0.2, 0.25) is 0 Å². The molecule has 0 aliphatic rings. The monoisotopic (exact) mass is 739 g/mol. The predicted molar refractivity (Wildman–Crippen MR) is 239 cm³/mol. The van der Waals surface area contributed by atoms with Crippen LogP contribution in [0.25, 0.3) is 89.2 Å². The smallest absolute Gasteiger partial charge is 0.147 e. The third kappa shape index (κ3) is 5.85. The molecule has 0 unspecified atom stereocenters. The molecule has 0 amide bonds. The van der Waals surface area contributed by atoms with Crippen LogP contribution in [0.5, 0.6) is 0 Å². The summed E-state index contributed by atoms with van der Waals surface area (Å²) in [4.78, 5) is 14.8. The quantitative estimate of drug-likeness (QED) is 0.191. The van der Waals surface area contributed by atoms with Gasteiger partial charge in [0.1, 0.15) is 17.3 Å². The van der Waals surface area contributed by atoms with Gasteiger partial charge in [0.15, 0.2) is 0 Å². The molecule has 0 saturated heterocycles. The van der Waals surface area contributed by atoms with E-state index in [4.69, 9.17) is 9.97 Å². The summed E-state index contributed by atoms with van der Waals surface area (Å²) >= 11 is 0. The van der Waals surface area contributed by atoms with Crippen LogP contribution in [0.3, 0.4) is 0 Å². The van der Waals surface area contributed by atoms with Gasteiger partial charge in [-0.25, -0.2) is 9.97 Å². The summed E-state index contributed by atoms with van der Waals surface area (Å²) in [6.45, 7) is 13.7. The van der Waals surface area contributed by atoms with Crippen molar-refractivity contribution in [2.24, 2.45) is 0 Å². The highest BCUT2D eigenvalue weighted by molar-refractivity contribution is 6.11. The molecule has 0 bridgehead atoms. The summed E-state index contributed by atoms with van der Waals surface area (Å²) < 4.78 is 4.63. The number of nitrogens with one attached hydrogen (secondary N) is 1. The average Bonchev–Trinajstić information content (AvgIpc) is 3.90. The summed E-state index contributed by atoms with van der Waals surface area (Å²) in [7, 11) is 0. The van der Waals surface area contributed by atoms with Crippen molar-refractivity contribution < 1.29 is 0 Å². The third-order valence-corrected chi connectivity index (χ3v) is 11.4. The van der Waals surface area contributed by atoms with Crippen LogP contribution in [0.15, 0.2) is 158 Å². The molecule has 5 heteroatoms. The zero-order valence-electron chi connectivity index (χ0n) is 33.3. The molecule has 0 radical (unpaired) electrons. The van der Waals surface area contributed by atoms with Crippen molar-refractivity contribution in [3.8, 4) is 45.4 Å². The van der Waals surface area contributed by atoms with Gasteiger partial charge in [0.05, 0.1) is 27.9 Å². The number of nitrogens with zero attached hydrogens (tertiary/aromatic N) is 4. The molecule has 0 spiro atoms. The van der Waals surface area contributed by atoms with E-state index in [1.165, 1.54) is 21.9 Å². The third-order valence-electron chi connectivity index (χ3n) is 11.4. The van der Waals surface area contributed by atoms with E-state index in [-0.39, 0.29) is 10.8 Å². The van der Waals surface area contributed by atoms with E-state index < -0.39 is 0 Å². The first kappa shape index (κ1) is 34.7. The van der Waals surface area contributed by atoms with Gasteiger partial charge in [-0.3, -0.25) is 9.13 Å². The van der Waals surface area contributed by atoms with E-state index in [1.807, 2.05) is 0 Å². The average molecular weight is 740 g/mol. The second-order valence-corrected chi connectivity index (χ2v) is 17.3. The first-order valence-electron chi connectivity index (χ1n) is 19.8. The van der Waals surface area contributed by atoms with E-state index >= 15 is 0 Å². The van der Waals surface area contributed by atoms with Crippen molar-refractivity contribution in [2.45, 2.75) is 52.4 Å². The Kier molecular flexibility index (Phi) is 7.88. The van der Waals surface area contributed by atoms with Crippen LogP contribution in [-0.2, 0) is 10.8 Å². The molecule has 57 heavy (non-hydrogen) atoms. The van der Waals surface area contributed by atoms with E-state index in [0.717, 1.165) is 78.4 Å². The first-order valence-corrected chi connectivity index (χ1v) is 19.8. The fourth-order valence-corrected chi connectivity index (χ4v) is 8.31. The number of hydrogen-bond donors (Lipinski definition) is 1. The summed E-state index contributed by atoms with van der Waals surface area (Å²) in [5, 5.41) is 4.65. The Morgan fingerprint density at radius 2 is 1.12 bits per heavy atom. The lowest BCUT2D eigenvalue weighted by Gasteiger charge is -2.22. The second-order valence-electron chi connectivity index (χ2n) is 17.3. The Balaban J connectivity index is 1.25. The molecule has 278 valence electrons. The number of rotatable bonds is 5. The number of benzene rings is 6. The van der Waals surface area contributed by atoms with Crippen molar-refractivity contribution in [2.75, 3.05) is 0 Å². The minimum atomic E-state index is -0.117. The maximum atomic E-state index is 5.64. The standard InChI is InChI=1S/C52H45N5/c1-51(2,3)36-25-28-45-42(32-36)41-26-27-43(53-49(41)57(45)50-40-22-14-13-21-39(40)47(55-50)33-17-9-7-10-18-33)34-29-35(31-37(30-34)52(4,5)6)48-54-44-23-15-16-24-46(44)56(48)38-19-11-8-12-20-38/h7-32,55H,1-6H3. The van der Waals surface area contributed by atoms with E-state index in [1.54, 1.807) is 0 Å². The Hall–Kier alpha value is -6.72. The Labute approximate surface area is 333 Å². The van der Waals surface area contributed by atoms with Crippen molar-refractivity contribution in [3.63, 3.8) is 0 Å². The summed E-state index contributed by atoms with van der Waals surface area (Å²) in [5.41, 5.74) is 12.8. The van der Waals surface area contributed by atoms with Crippen LogP contribution in [0.2, 0.25) is 0 Å². The number of aromatic nitrogens is 5. The molecule has 4 heterocycles. The van der Waals surface area contributed by atoms with E-state index in [9.17, 15) is 0 Å². The number of H-pyrrole nitrogens is 1. The minimum Gasteiger partial charge on any atom is -0.340 e. The van der Waals surface area contributed by atoms with Crippen LogP contribution in [-0.4, -0.2) is 24.1 Å². The topological polar surface area (TPSA) is 51.4 Å². The molecule has 0 saturated carbocycles. The van der Waals surface area contributed by atoms with Gasteiger partial charge in [-0.1, -0.05) is 133 Å². The molecule has 10 aromatic rings. The zero-order chi connectivity index (χ0) is 39.1. The van der Waals surface area contributed by atoms with Crippen molar-refractivity contribution >= 4 is 43.7 Å². The first-order chi connectivity index (χ1) is 27.5. The molecule has 6 aromatic carbocycles. The second kappa shape index (κ2) is 12.9. The van der Waals surface area contributed by atoms with Gasteiger partial charge in [0.25, 0.3) is 0 Å². The van der Waals surface area contributed by atoms with Crippen LogP contribution >= 0.6 is 0 Å². The van der Waals surface area contributed by atoms with Gasteiger partial charge < -0.3 is 4.98 Å². The van der Waals surface area contributed by atoms with Crippen molar-refractivity contribution in [1.29, 1.82) is 0 Å². The molecule has 0 fully saturated rings. The lowest BCUT2D eigenvalue weighted by Crippen LogP contribution is -2.12. The molecule has 4 aromatic heterocycles. The Bertz CT molecular complexity index is 3130. The molecular weight excluding hydrogens is 695 g/mol. The Morgan fingerprint density at radius 3 is 1.88 bits per heavy atom.